The van der Waals surface area contributed by atoms with E-state index in [1.54, 1.807) is 24.0 Å². The molecule has 1 aliphatic heterocycles. The van der Waals surface area contributed by atoms with E-state index >= 15 is 0 Å². The van der Waals surface area contributed by atoms with Gasteiger partial charge in [0.2, 0.25) is 0 Å². The van der Waals surface area contributed by atoms with Crippen LogP contribution in [0.4, 0.5) is 13.2 Å². The predicted molar refractivity (Wildman–Crippen MR) is 102 cm³/mol. The normalized spacial score (nSPS) is 19.8. The van der Waals surface area contributed by atoms with Crippen molar-refractivity contribution in [2.45, 2.75) is 25.1 Å². The molecule has 0 radical (unpaired) electrons. The highest BCUT2D eigenvalue weighted by Gasteiger charge is 2.62. The lowest BCUT2D eigenvalue weighted by Gasteiger charge is -2.29. The molecular formula is C19H14Cl2F3N3O. The fourth-order valence-corrected chi connectivity index (χ4v) is 4.09. The van der Waals surface area contributed by atoms with Crippen molar-refractivity contribution >= 4 is 39.8 Å². The van der Waals surface area contributed by atoms with Gasteiger partial charge in [-0.1, -0.05) is 40.5 Å². The molecule has 0 fully saturated rings. The molecule has 2 aromatic carbocycles. The maximum atomic E-state index is 14.1. The molecule has 0 N–H and O–H groups in total. The Morgan fingerprint density at radius 2 is 1.82 bits per heavy atom. The van der Waals surface area contributed by atoms with Crippen molar-refractivity contribution in [3.8, 4) is 0 Å². The molecule has 1 aromatic heterocycles. The smallest absolute Gasteiger partial charge is 0.374 e. The molecule has 9 heteroatoms. The van der Waals surface area contributed by atoms with Crippen molar-refractivity contribution in [2.75, 3.05) is 0 Å². The molecule has 28 heavy (non-hydrogen) atoms. The van der Waals surface area contributed by atoms with Crippen molar-refractivity contribution in [2.24, 2.45) is 12.2 Å². The number of halogens is 5. The zero-order valence-corrected chi connectivity index (χ0v) is 16.3. The lowest BCUT2D eigenvalue weighted by atomic mass is 9.86. The lowest BCUT2D eigenvalue weighted by molar-refractivity contribution is -0.275. The van der Waals surface area contributed by atoms with Gasteiger partial charge in [-0.25, -0.2) is 0 Å². The Morgan fingerprint density at radius 1 is 1.14 bits per heavy atom. The van der Waals surface area contributed by atoms with Gasteiger partial charge in [0.25, 0.3) is 5.60 Å². The number of aryl methyl sites for hydroxylation is 2. The van der Waals surface area contributed by atoms with Crippen LogP contribution in [0.2, 0.25) is 10.0 Å². The topological polar surface area (TPSA) is 39.4 Å². The van der Waals surface area contributed by atoms with Crippen LogP contribution in [-0.4, -0.2) is 21.7 Å². The van der Waals surface area contributed by atoms with Gasteiger partial charge in [-0.15, -0.1) is 0 Å². The minimum Gasteiger partial charge on any atom is -0.374 e. The van der Waals surface area contributed by atoms with Gasteiger partial charge in [-0.2, -0.15) is 18.3 Å². The number of benzene rings is 2. The summed E-state index contributed by atoms with van der Waals surface area (Å²) in [5.41, 5.74) is -0.321. The first-order valence-electron chi connectivity index (χ1n) is 8.32. The highest BCUT2D eigenvalue weighted by atomic mass is 35.5. The van der Waals surface area contributed by atoms with Gasteiger partial charge < -0.3 is 4.84 Å². The third kappa shape index (κ3) is 2.84. The second-order valence-electron chi connectivity index (χ2n) is 6.75. The molecule has 0 spiro atoms. The summed E-state index contributed by atoms with van der Waals surface area (Å²) in [4.78, 5) is 5.07. The van der Waals surface area contributed by atoms with E-state index in [1.807, 2.05) is 13.0 Å². The van der Waals surface area contributed by atoms with Crippen molar-refractivity contribution in [1.29, 1.82) is 0 Å². The van der Waals surface area contributed by atoms with Crippen LogP contribution >= 0.6 is 23.2 Å². The number of hydrogen-bond donors (Lipinski definition) is 0. The van der Waals surface area contributed by atoms with Gasteiger partial charge in [0, 0.05) is 40.0 Å². The van der Waals surface area contributed by atoms with Gasteiger partial charge in [-0.3, -0.25) is 4.68 Å². The molecule has 0 amide bonds. The number of aromatic nitrogens is 2. The lowest BCUT2D eigenvalue weighted by Crippen LogP contribution is -2.42. The first kappa shape index (κ1) is 19.1. The average Bonchev–Trinajstić information content (AvgIpc) is 3.20. The molecule has 3 aromatic rings. The Hall–Kier alpha value is -2.25. The average molecular weight is 428 g/mol. The highest BCUT2D eigenvalue weighted by molar-refractivity contribution is 6.34. The number of hydrogen-bond acceptors (Lipinski definition) is 3. The monoisotopic (exact) mass is 427 g/mol. The van der Waals surface area contributed by atoms with Crippen LogP contribution in [0.3, 0.4) is 0 Å². The SMILES string of the molecule is Cc1ccc(C2=NOC(c3cc(Cl)cc(Cl)c3)(C(F)(F)F)C2)c2cnn(C)c12. The van der Waals surface area contributed by atoms with E-state index < -0.39 is 18.2 Å². The quantitative estimate of drug-likeness (QED) is 0.520. The zero-order valence-electron chi connectivity index (χ0n) is 14.8. The summed E-state index contributed by atoms with van der Waals surface area (Å²) in [7, 11) is 1.78. The summed E-state index contributed by atoms with van der Waals surface area (Å²) in [6, 6.07) is 7.33. The van der Waals surface area contributed by atoms with Crippen molar-refractivity contribution in [3.63, 3.8) is 0 Å². The summed E-state index contributed by atoms with van der Waals surface area (Å²) in [5.74, 6) is 0. The zero-order chi connectivity index (χ0) is 20.3. The van der Waals surface area contributed by atoms with E-state index in [9.17, 15) is 13.2 Å². The summed E-state index contributed by atoms with van der Waals surface area (Å²) in [6.45, 7) is 1.91. The molecule has 4 nitrogen and oxygen atoms in total. The van der Waals surface area contributed by atoms with Crippen molar-refractivity contribution < 1.29 is 18.0 Å². The summed E-state index contributed by atoms with van der Waals surface area (Å²) in [5, 5.41) is 8.94. The maximum absolute atomic E-state index is 14.1. The molecule has 1 unspecified atom stereocenters. The van der Waals surface area contributed by atoms with E-state index in [2.05, 4.69) is 10.3 Å². The number of alkyl halides is 3. The third-order valence-electron chi connectivity index (χ3n) is 4.93. The fraction of sp³-hybridized carbons (Fsp3) is 0.263. The van der Waals surface area contributed by atoms with Crippen LogP contribution in [0.1, 0.15) is 23.1 Å². The maximum Gasteiger partial charge on any atom is 0.435 e. The van der Waals surface area contributed by atoms with Gasteiger partial charge in [-0.05, 0) is 30.7 Å². The molecule has 2 heterocycles. The number of rotatable bonds is 2. The Kier molecular flexibility index (Phi) is 4.35. The molecule has 4 rings (SSSR count). The molecule has 0 bridgehead atoms. The summed E-state index contributed by atoms with van der Waals surface area (Å²) >= 11 is 11.9. The van der Waals surface area contributed by atoms with E-state index in [-0.39, 0.29) is 21.3 Å². The Balaban J connectivity index is 1.83. The van der Waals surface area contributed by atoms with Gasteiger partial charge in [0.05, 0.1) is 17.4 Å². The molecule has 1 atom stereocenters. The van der Waals surface area contributed by atoms with Crippen LogP contribution in [0.15, 0.2) is 41.7 Å². The molecule has 1 aliphatic rings. The van der Waals surface area contributed by atoms with E-state index in [0.717, 1.165) is 11.1 Å². The summed E-state index contributed by atoms with van der Waals surface area (Å²) in [6.07, 6.45) is -3.62. The predicted octanol–water partition coefficient (Wildman–Crippen LogP) is 5.77. The number of oxime groups is 1. The van der Waals surface area contributed by atoms with Crippen molar-refractivity contribution in [3.05, 3.63) is 63.3 Å². The van der Waals surface area contributed by atoms with Crippen LogP contribution in [0.5, 0.6) is 0 Å². The highest BCUT2D eigenvalue weighted by Crippen LogP contribution is 2.50. The first-order valence-corrected chi connectivity index (χ1v) is 9.08. The molecule has 0 saturated carbocycles. The Bertz CT molecular complexity index is 1100. The van der Waals surface area contributed by atoms with E-state index in [0.29, 0.717) is 10.9 Å². The second kappa shape index (κ2) is 6.39. The minimum absolute atomic E-state index is 0.0909. The number of fused-ring (bicyclic) bond motifs is 1. The second-order valence-corrected chi connectivity index (χ2v) is 7.62. The van der Waals surface area contributed by atoms with Crippen LogP contribution in [0.25, 0.3) is 10.9 Å². The third-order valence-corrected chi connectivity index (χ3v) is 5.36. The van der Waals surface area contributed by atoms with E-state index in [1.165, 1.54) is 18.2 Å². The van der Waals surface area contributed by atoms with Crippen molar-refractivity contribution in [1.82, 2.24) is 9.78 Å². The molecule has 0 aliphatic carbocycles. The molecule has 0 saturated heterocycles. The first-order chi connectivity index (χ1) is 13.1. The molecule has 146 valence electrons. The largest absolute Gasteiger partial charge is 0.435 e. The Morgan fingerprint density at radius 3 is 2.46 bits per heavy atom. The minimum atomic E-state index is -4.73. The van der Waals surface area contributed by atoms with Crippen LogP contribution in [0, 0.1) is 6.92 Å². The standard InChI is InChI=1S/C19H14Cl2F3N3O/c1-10-3-4-14(15-9-25-27(2)17(10)15)16-8-18(28-26-16,19(22,23)24)11-5-12(20)7-13(21)6-11/h3-7,9H,8H2,1-2H3. The Labute approximate surface area is 168 Å². The van der Waals surface area contributed by atoms with Crippen LogP contribution < -0.4 is 0 Å². The van der Waals surface area contributed by atoms with E-state index in [4.69, 9.17) is 28.0 Å². The molecular weight excluding hydrogens is 414 g/mol. The van der Waals surface area contributed by atoms with Crippen LogP contribution in [-0.2, 0) is 17.5 Å². The van der Waals surface area contributed by atoms with Gasteiger partial charge >= 0.3 is 6.18 Å². The van der Waals surface area contributed by atoms with Gasteiger partial charge in [0.15, 0.2) is 0 Å². The summed E-state index contributed by atoms with van der Waals surface area (Å²) < 4.78 is 44.1. The fourth-order valence-electron chi connectivity index (χ4n) is 3.57. The number of nitrogens with zero attached hydrogens (tertiary/aromatic N) is 3. The van der Waals surface area contributed by atoms with Gasteiger partial charge in [0.1, 0.15) is 0 Å².